The number of carbonyl (C=O) groups is 2. The van der Waals surface area contributed by atoms with Crippen molar-refractivity contribution in [1.82, 2.24) is 14.7 Å². The molecule has 1 aromatic carbocycles. The normalized spacial score (nSPS) is 23.2. The maximum absolute atomic E-state index is 12.9. The number of esters is 1. The van der Waals surface area contributed by atoms with Crippen LogP contribution in [0.25, 0.3) is 0 Å². The molecular weight excluding hydrogens is 390 g/mol. The SMILES string of the molecule is CCOC(=O)C1CCN(C(=O)CC[C@H]2CN(Cc3ccccc3)CC[C@H]2N(C)C)CC1. The van der Waals surface area contributed by atoms with Gasteiger partial charge in [-0.1, -0.05) is 30.3 Å². The quantitative estimate of drug-likeness (QED) is 0.595. The minimum absolute atomic E-state index is 0.0491. The Kier molecular flexibility index (Phi) is 8.90. The number of benzene rings is 1. The highest BCUT2D eigenvalue weighted by Crippen LogP contribution is 2.27. The summed E-state index contributed by atoms with van der Waals surface area (Å²) in [5.41, 5.74) is 1.35. The van der Waals surface area contributed by atoms with Crippen LogP contribution in [0.5, 0.6) is 0 Å². The van der Waals surface area contributed by atoms with Gasteiger partial charge in [0.25, 0.3) is 0 Å². The van der Waals surface area contributed by atoms with Crippen molar-refractivity contribution < 1.29 is 14.3 Å². The molecule has 0 saturated carbocycles. The van der Waals surface area contributed by atoms with Crippen LogP contribution in [0.1, 0.15) is 44.6 Å². The lowest BCUT2D eigenvalue weighted by Gasteiger charge is -2.42. The number of ether oxygens (including phenoxy) is 1. The van der Waals surface area contributed by atoms with Gasteiger partial charge >= 0.3 is 5.97 Å². The average Bonchev–Trinajstić information content (AvgIpc) is 2.78. The van der Waals surface area contributed by atoms with E-state index in [1.807, 2.05) is 11.8 Å². The van der Waals surface area contributed by atoms with Gasteiger partial charge in [0.05, 0.1) is 12.5 Å². The molecule has 0 N–H and O–H groups in total. The third-order valence-corrected chi connectivity index (χ3v) is 6.89. The van der Waals surface area contributed by atoms with Crippen LogP contribution in [0.2, 0.25) is 0 Å². The number of hydrogen-bond acceptors (Lipinski definition) is 5. The number of amides is 1. The van der Waals surface area contributed by atoms with Crippen molar-refractivity contribution in [3.63, 3.8) is 0 Å². The van der Waals surface area contributed by atoms with Gasteiger partial charge < -0.3 is 14.5 Å². The van der Waals surface area contributed by atoms with Crippen LogP contribution in [-0.4, -0.2) is 79.5 Å². The molecule has 0 spiro atoms. The van der Waals surface area contributed by atoms with Gasteiger partial charge in [-0.05, 0) is 64.7 Å². The second kappa shape index (κ2) is 11.6. The van der Waals surface area contributed by atoms with Gasteiger partial charge in [-0.2, -0.15) is 0 Å². The second-order valence-corrected chi connectivity index (χ2v) is 9.25. The lowest BCUT2D eigenvalue weighted by atomic mass is 9.87. The summed E-state index contributed by atoms with van der Waals surface area (Å²) in [6, 6.07) is 11.2. The molecule has 2 atom stereocenters. The third kappa shape index (κ3) is 6.78. The largest absolute Gasteiger partial charge is 0.466 e. The van der Waals surface area contributed by atoms with Gasteiger partial charge in [0, 0.05) is 38.6 Å². The van der Waals surface area contributed by atoms with E-state index in [2.05, 4.69) is 54.2 Å². The summed E-state index contributed by atoms with van der Waals surface area (Å²) < 4.78 is 5.14. The van der Waals surface area contributed by atoms with E-state index in [-0.39, 0.29) is 17.8 Å². The van der Waals surface area contributed by atoms with E-state index >= 15 is 0 Å². The molecule has 3 rings (SSSR count). The summed E-state index contributed by atoms with van der Waals surface area (Å²) in [7, 11) is 4.32. The van der Waals surface area contributed by atoms with Crippen molar-refractivity contribution >= 4 is 11.9 Å². The highest BCUT2D eigenvalue weighted by molar-refractivity contribution is 5.77. The van der Waals surface area contributed by atoms with Crippen molar-refractivity contribution in [1.29, 1.82) is 0 Å². The molecule has 31 heavy (non-hydrogen) atoms. The molecule has 0 unspecified atom stereocenters. The first-order valence-corrected chi connectivity index (χ1v) is 11.8. The first-order valence-electron chi connectivity index (χ1n) is 11.8. The van der Waals surface area contributed by atoms with Crippen molar-refractivity contribution in [3.05, 3.63) is 35.9 Å². The van der Waals surface area contributed by atoms with Crippen LogP contribution in [-0.2, 0) is 20.9 Å². The van der Waals surface area contributed by atoms with Gasteiger partial charge in [0.1, 0.15) is 0 Å². The van der Waals surface area contributed by atoms with E-state index in [9.17, 15) is 9.59 Å². The van der Waals surface area contributed by atoms with E-state index in [4.69, 9.17) is 4.74 Å². The van der Waals surface area contributed by atoms with Gasteiger partial charge in [-0.3, -0.25) is 14.5 Å². The van der Waals surface area contributed by atoms with Gasteiger partial charge in [0.15, 0.2) is 0 Å². The molecule has 0 aliphatic carbocycles. The molecule has 0 radical (unpaired) electrons. The van der Waals surface area contributed by atoms with Gasteiger partial charge in [-0.25, -0.2) is 0 Å². The van der Waals surface area contributed by atoms with Crippen molar-refractivity contribution in [2.24, 2.45) is 11.8 Å². The Bertz CT molecular complexity index is 701. The Balaban J connectivity index is 1.49. The van der Waals surface area contributed by atoms with E-state index in [1.165, 1.54) is 5.56 Å². The molecule has 1 aromatic rings. The Hall–Kier alpha value is -1.92. The number of nitrogens with zero attached hydrogens (tertiary/aromatic N) is 3. The maximum atomic E-state index is 12.9. The van der Waals surface area contributed by atoms with Crippen LogP contribution in [0.15, 0.2) is 30.3 Å². The minimum Gasteiger partial charge on any atom is -0.466 e. The summed E-state index contributed by atoms with van der Waals surface area (Å²) in [5, 5.41) is 0. The van der Waals surface area contributed by atoms with E-state index < -0.39 is 0 Å². The molecule has 6 heteroatoms. The summed E-state index contributed by atoms with van der Waals surface area (Å²) in [6.07, 6.45) is 4.10. The van der Waals surface area contributed by atoms with E-state index in [1.54, 1.807) is 0 Å². The number of rotatable bonds is 8. The monoisotopic (exact) mass is 429 g/mol. The van der Waals surface area contributed by atoms with Crippen molar-refractivity contribution in [2.75, 3.05) is 46.9 Å². The average molecular weight is 430 g/mol. The van der Waals surface area contributed by atoms with E-state index in [0.29, 0.717) is 38.1 Å². The number of likely N-dealkylation sites (tertiary alicyclic amines) is 2. The fraction of sp³-hybridized carbons (Fsp3) is 0.680. The highest BCUT2D eigenvalue weighted by atomic mass is 16.5. The second-order valence-electron chi connectivity index (χ2n) is 9.25. The van der Waals surface area contributed by atoms with Crippen LogP contribution in [0, 0.1) is 11.8 Å². The predicted molar refractivity (Wildman–Crippen MR) is 122 cm³/mol. The molecule has 0 bridgehead atoms. The number of piperidine rings is 2. The first-order chi connectivity index (χ1) is 15.0. The molecule has 2 saturated heterocycles. The molecule has 172 valence electrons. The zero-order valence-electron chi connectivity index (χ0n) is 19.5. The molecule has 6 nitrogen and oxygen atoms in total. The van der Waals surface area contributed by atoms with Crippen LogP contribution in [0.4, 0.5) is 0 Å². The fourth-order valence-corrected chi connectivity index (χ4v) is 5.14. The number of carbonyl (C=O) groups excluding carboxylic acids is 2. The van der Waals surface area contributed by atoms with Crippen LogP contribution >= 0.6 is 0 Å². The zero-order chi connectivity index (χ0) is 22.2. The Labute approximate surface area is 187 Å². The molecule has 2 fully saturated rings. The number of hydrogen-bond donors (Lipinski definition) is 0. The maximum Gasteiger partial charge on any atom is 0.309 e. The predicted octanol–water partition coefficient (Wildman–Crippen LogP) is 3.02. The summed E-state index contributed by atoms with van der Waals surface area (Å²) in [6.45, 7) is 6.72. The summed E-state index contributed by atoms with van der Waals surface area (Å²) in [5.74, 6) is 0.574. The van der Waals surface area contributed by atoms with Crippen molar-refractivity contribution in [2.45, 2.75) is 51.6 Å². The topological polar surface area (TPSA) is 53.1 Å². The smallest absolute Gasteiger partial charge is 0.309 e. The Morgan fingerprint density at radius 3 is 2.42 bits per heavy atom. The standard InChI is InChI=1S/C25H39N3O3/c1-4-31-25(30)21-12-16-28(17-13-21)24(29)11-10-22-19-27(15-14-23(22)26(2)3)18-20-8-6-5-7-9-20/h5-9,21-23H,4,10-19H2,1-3H3/t22-,23+/m0/s1. The molecular formula is C25H39N3O3. The fourth-order valence-electron chi connectivity index (χ4n) is 5.14. The Morgan fingerprint density at radius 2 is 1.77 bits per heavy atom. The molecule has 2 heterocycles. The zero-order valence-corrected chi connectivity index (χ0v) is 19.5. The van der Waals surface area contributed by atoms with Gasteiger partial charge in [-0.15, -0.1) is 0 Å². The highest BCUT2D eigenvalue weighted by Gasteiger charge is 2.32. The van der Waals surface area contributed by atoms with Crippen molar-refractivity contribution in [3.8, 4) is 0 Å². The summed E-state index contributed by atoms with van der Waals surface area (Å²) in [4.78, 5) is 31.6. The lowest BCUT2D eigenvalue weighted by molar-refractivity contribution is -0.151. The van der Waals surface area contributed by atoms with E-state index in [0.717, 1.165) is 45.3 Å². The molecule has 2 aliphatic heterocycles. The first kappa shape index (κ1) is 23.7. The van der Waals surface area contributed by atoms with Gasteiger partial charge in [0.2, 0.25) is 5.91 Å². The third-order valence-electron chi connectivity index (χ3n) is 6.89. The summed E-state index contributed by atoms with van der Waals surface area (Å²) >= 11 is 0. The molecule has 1 amide bonds. The Morgan fingerprint density at radius 1 is 1.06 bits per heavy atom. The molecule has 0 aromatic heterocycles. The molecule has 2 aliphatic rings. The van der Waals surface area contributed by atoms with Crippen LogP contribution < -0.4 is 0 Å². The minimum atomic E-state index is -0.107. The van der Waals surface area contributed by atoms with Crippen LogP contribution in [0.3, 0.4) is 0 Å². The lowest BCUT2D eigenvalue weighted by Crippen LogP contribution is -2.49.